The van der Waals surface area contributed by atoms with Crippen molar-refractivity contribution in [1.82, 2.24) is 19.9 Å². The van der Waals surface area contributed by atoms with E-state index < -0.39 is 0 Å². The van der Waals surface area contributed by atoms with Gasteiger partial charge in [-0.15, -0.1) is 0 Å². The molecule has 0 unspecified atom stereocenters. The summed E-state index contributed by atoms with van der Waals surface area (Å²) in [4.78, 5) is 19.4. The van der Waals surface area contributed by atoms with E-state index in [-0.39, 0.29) is 11.9 Å². The molecular weight excluding hydrogens is 403 g/mol. The predicted molar refractivity (Wildman–Crippen MR) is 124 cm³/mol. The molecule has 1 atom stereocenters. The zero-order valence-electron chi connectivity index (χ0n) is 17.8. The lowest BCUT2D eigenvalue weighted by molar-refractivity contribution is 0.605. The van der Waals surface area contributed by atoms with Gasteiger partial charge in [0.2, 0.25) is 0 Å². The van der Waals surface area contributed by atoms with E-state index in [4.69, 9.17) is 9.97 Å². The second kappa shape index (κ2) is 7.89. The van der Waals surface area contributed by atoms with Gasteiger partial charge >= 0.3 is 0 Å². The quantitative estimate of drug-likeness (QED) is 0.492. The zero-order valence-corrected chi connectivity index (χ0v) is 17.8. The van der Waals surface area contributed by atoms with E-state index in [0.29, 0.717) is 11.4 Å². The number of aryl methyl sites for hydroxylation is 1. The Morgan fingerprint density at radius 2 is 1.94 bits per heavy atom. The first kappa shape index (κ1) is 19.2. The Labute approximate surface area is 185 Å². The highest BCUT2D eigenvalue weighted by Crippen LogP contribution is 2.31. The largest absolute Gasteiger partial charge is 0.367 e. The number of hydrogen-bond donors (Lipinski definition) is 2. The second-order valence-corrected chi connectivity index (χ2v) is 8.73. The molecule has 1 fully saturated rings. The minimum absolute atomic E-state index is 0.279. The fourth-order valence-electron chi connectivity index (χ4n) is 4.98. The maximum Gasteiger partial charge on any atom is 0.165 e. The van der Waals surface area contributed by atoms with Gasteiger partial charge in [-0.05, 0) is 49.8 Å². The minimum atomic E-state index is -0.383. The number of rotatable bonds is 4. The van der Waals surface area contributed by atoms with E-state index in [0.717, 1.165) is 56.8 Å². The van der Waals surface area contributed by atoms with Crippen LogP contribution in [0.25, 0.3) is 22.3 Å². The number of pyridine rings is 1. The maximum atomic E-state index is 13.8. The number of halogens is 1. The molecule has 1 aliphatic heterocycles. The molecule has 0 saturated carbocycles. The van der Waals surface area contributed by atoms with Gasteiger partial charge in [0.1, 0.15) is 17.5 Å². The molecule has 6 nitrogen and oxygen atoms in total. The molecule has 32 heavy (non-hydrogen) atoms. The van der Waals surface area contributed by atoms with Gasteiger partial charge in [-0.3, -0.25) is 4.98 Å². The van der Waals surface area contributed by atoms with Crippen molar-refractivity contribution < 1.29 is 4.39 Å². The molecule has 3 aromatic heterocycles. The Kier molecular flexibility index (Phi) is 4.74. The number of para-hydroxylation sites is 1. The summed E-state index contributed by atoms with van der Waals surface area (Å²) in [5, 5.41) is 4.97. The van der Waals surface area contributed by atoms with Gasteiger partial charge < -0.3 is 15.2 Å². The van der Waals surface area contributed by atoms with Gasteiger partial charge in [-0.1, -0.05) is 18.2 Å². The second-order valence-electron chi connectivity index (χ2n) is 8.73. The number of hydrogen-bond acceptors (Lipinski definition) is 5. The number of fused-ring (bicyclic) bond motifs is 3. The topological polar surface area (TPSA) is 69.7 Å². The third kappa shape index (κ3) is 3.57. The van der Waals surface area contributed by atoms with Gasteiger partial charge in [-0.2, -0.15) is 0 Å². The molecule has 4 aromatic rings. The van der Waals surface area contributed by atoms with Gasteiger partial charge in [0.15, 0.2) is 5.82 Å². The Morgan fingerprint density at radius 1 is 1.06 bits per heavy atom. The molecule has 2 N–H and O–H groups in total. The Balaban J connectivity index is 1.32. The molecule has 1 aliphatic carbocycles. The summed E-state index contributed by atoms with van der Waals surface area (Å²) in [5.41, 5.74) is 4.54. The fraction of sp³-hybridized carbons (Fsp3) is 0.320. The van der Waals surface area contributed by atoms with Crippen LogP contribution < -0.4 is 10.2 Å². The van der Waals surface area contributed by atoms with Gasteiger partial charge in [0, 0.05) is 53.6 Å². The van der Waals surface area contributed by atoms with Crippen LogP contribution in [0.5, 0.6) is 0 Å². The summed E-state index contributed by atoms with van der Waals surface area (Å²) < 4.78 is 13.8. The first-order valence-electron chi connectivity index (χ1n) is 11.3. The molecule has 0 radical (unpaired) electrons. The Morgan fingerprint density at radius 3 is 2.81 bits per heavy atom. The van der Waals surface area contributed by atoms with Gasteiger partial charge in [-0.25, -0.2) is 14.4 Å². The van der Waals surface area contributed by atoms with Crippen molar-refractivity contribution in [1.29, 1.82) is 0 Å². The number of benzene rings is 1. The summed E-state index contributed by atoms with van der Waals surface area (Å²) in [6, 6.07) is 12.3. The lowest BCUT2D eigenvalue weighted by atomic mass is 9.91. The van der Waals surface area contributed by atoms with E-state index >= 15 is 0 Å². The molecule has 0 spiro atoms. The summed E-state index contributed by atoms with van der Waals surface area (Å²) >= 11 is 0. The van der Waals surface area contributed by atoms with Crippen molar-refractivity contribution in [3.63, 3.8) is 0 Å². The molecule has 1 aromatic carbocycles. The molecule has 1 saturated heterocycles. The number of aromatic nitrogens is 4. The molecule has 6 rings (SSSR count). The van der Waals surface area contributed by atoms with Gasteiger partial charge in [0.25, 0.3) is 0 Å². The first-order chi connectivity index (χ1) is 15.7. The number of H-pyrrole nitrogens is 1. The van der Waals surface area contributed by atoms with Crippen molar-refractivity contribution in [2.75, 3.05) is 23.3 Å². The highest BCUT2D eigenvalue weighted by molar-refractivity contribution is 5.85. The summed E-state index contributed by atoms with van der Waals surface area (Å²) in [7, 11) is 0. The van der Waals surface area contributed by atoms with Crippen LogP contribution in [0.2, 0.25) is 0 Å². The third-order valence-electron chi connectivity index (χ3n) is 6.55. The van der Waals surface area contributed by atoms with E-state index in [1.165, 1.54) is 34.4 Å². The predicted octanol–water partition coefficient (Wildman–Crippen LogP) is 4.73. The van der Waals surface area contributed by atoms with Crippen LogP contribution in [0.1, 0.15) is 30.5 Å². The average molecular weight is 429 g/mol. The fourth-order valence-corrected chi connectivity index (χ4v) is 4.98. The molecule has 0 bridgehead atoms. The first-order valence-corrected chi connectivity index (χ1v) is 11.3. The molecule has 2 aliphatic rings. The van der Waals surface area contributed by atoms with Crippen molar-refractivity contribution in [3.8, 4) is 11.4 Å². The minimum Gasteiger partial charge on any atom is -0.367 e. The molecule has 7 heteroatoms. The van der Waals surface area contributed by atoms with Crippen LogP contribution in [0, 0.1) is 5.82 Å². The van der Waals surface area contributed by atoms with E-state index in [1.54, 1.807) is 6.20 Å². The van der Waals surface area contributed by atoms with Crippen LogP contribution in [-0.4, -0.2) is 39.1 Å². The highest BCUT2D eigenvalue weighted by atomic mass is 19.1. The lowest BCUT2D eigenvalue weighted by Gasteiger charge is -2.25. The Hall–Kier alpha value is -3.48. The van der Waals surface area contributed by atoms with Crippen LogP contribution in [0.4, 0.5) is 16.0 Å². The summed E-state index contributed by atoms with van der Waals surface area (Å²) in [6.45, 7) is 1.97. The number of anilines is 2. The van der Waals surface area contributed by atoms with Crippen LogP contribution in [0.3, 0.4) is 0 Å². The monoisotopic (exact) mass is 428 g/mol. The van der Waals surface area contributed by atoms with E-state index in [1.807, 2.05) is 6.07 Å². The smallest absolute Gasteiger partial charge is 0.165 e. The highest BCUT2D eigenvalue weighted by Gasteiger charge is 2.24. The molecular formula is C25H25FN6. The average Bonchev–Trinajstić information content (AvgIpc) is 3.47. The maximum absolute atomic E-state index is 13.8. The standard InChI is InChI=1S/C25H25FN6/c26-17-11-16(14-27-15-17)25-30-23(13-24(31-25)32-9-3-4-10-32)28-18-7-8-22-20(12-18)19-5-1-2-6-21(19)29-22/h1-2,5-6,11,13-15,18,29H,3-4,7-10,12H2,(H,28,30,31)/t18-/m1/s1. The summed E-state index contributed by atoms with van der Waals surface area (Å²) in [5.74, 6) is 1.80. The molecule has 4 heterocycles. The SMILES string of the molecule is Fc1cncc(-c2nc(N[C@@H]3CCc4[nH]c5ccccc5c4C3)cc(N3CCCC3)n2)c1. The van der Waals surface area contributed by atoms with E-state index in [2.05, 4.69) is 44.5 Å². The molecule has 162 valence electrons. The van der Waals surface area contributed by atoms with Crippen molar-refractivity contribution in [2.24, 2.45) is 0 Å². The van der Waals surface area contributed by atoms with Crippen molar-refractivity contribution in [3.05, 3.63) is 65.9 Å². The number of aromatic amines is 1. The summed E-state index contributed by atoms with van der Waals surface area (Å²) in [6.07, 6.45) is 8.12. The number of nitrogens with zero attached hydrogens (tertiary/aromatic N) is 4. The van der Waals surface area contributed by atoms with Crippen molar-refractivity contribution >= 4 is 22.5 Å². The van der Waals surface area contributed by atoms with Crippen molar-refractivity contribution in [2.45, 2.75) is 38.1 Å². The van der Waals surface area contributed by atoms with Gasteiger partial charge in [0.05, 0.1) is 6.20 Å². The van der Waals surface area contributed by atoms with Crippen LogP contribution in [-0.2, 0) is 12.8 Å². The third-order valence-corrected chi connectivity index (χ3v) is 6.55. The molecule has 0 amide bonds. The van der Waals surface area contributed by atoms with E-state index in [9.17, 15) is 4.39 Å². The zero-order chi connectivity index (χ0) is 21.5. The number of nitrogens with one attached hydrogen (secondary N) is 2. The lowest BCUT2D eigenvalue weighted by Crippen LogP contribution is -2.28. The Bertz CT molecular complexity index is 1280. The van der Waals surface area contributed by atoms with Crippen LogP contribution in [0.15, 0.2) is 48.8 Å². The normalized spacial score (nSPS) is 18.2. The van der Waals surface area contributed by atoms with Crippen LogP contribution >= 0.6 is 0 Å².